The van der Waals surface area contributed by atoms with Crippen LogP contribution in [0.5, 0.6) is 0 Å². The van der Waals surface area contributed by atoms with Gasteiger partial charge in [0.1, 0.15) is 11.2 Å². The third-order valence-corrected chi connectivity index (χ3v) is 5.75. The molecule has 5 rings (SSSR count). The molecule has 1 aromatic heterocycles. The number of aromatic nitrogens is 2. The summed E-state index contributed by atoms with van der Waals surface area (Å²) in [5.74, 6) is 0.108. The second-order valence-corrected chi connectivity index (χ2v) is 7.76. The van der Waals surface area contributed by atoms with E-state index in [1.54, 1.807) is 29.1 Å². The number of aryl methyl sites for hydroxylation is 1. The molecule has 3 aromatic rings. The molecule has 0 bridgehead atoms. The first-order valence-electron chi connectivity index (χ1n) is 9.00. The Morgan fingerprint density at radius 3 is 2.68 bits per heavy atom. The number of anilines is 2. The van der Waals surface area contributed by atoms with Crippen molar-refractivity contribution in [3.05, 3.63) is 75.9 Å². The number of hydrogen-bond donors (Lipinski definition) is 2. The fraction of sp³-hybridized carbons (Fsp3) is 0.190. The van der Waals surface area contributed by atoms with Crippen molar-refractivity contribution in [1.29, 1.82) is 0 Å². The lowest BCUT2D eigenvalue weighted by molar-refractivity contribution is -0.125. The summed E-state index contributed by atoms with van der Waals surface area (Å²) in [4.78, 5) is 25.7. The molecule has 7 heteroatoms. The van der Waals surface area contributed by atoms with Crippen LogP contribution < -0.4 is 10.6 Å². The van der Waals surface area contributed by atoms with Crippen molar-refractivity contribution >= 4 is 34.9 Å². The van der Waals surface area contributed by atoms with Gasteiger partial charge in [0.2, 0.25) is 11.8 Å². The Labute approximate surface area is 166 Å². The van der Waals surface area contributed by atoms with Crippen LogP contribution in [0.2, 0.25) is 5.02 Å². The molecule has 6 nitrogen and oxygen atoms in total. The van der Waals surface area contributed by atoms with E-state index in [4.69, 9.17) is 11.6 Å². The standard InChI is InChI=1S/C21H17ClN4O2/c1-12-2-4-13(5-3-12)11-26-19-16(10-23-26)21(9-18(27)25-19)15-8-14(22)6-7-17(15)24-20(21)28/h2-8,10H,9,11H2,1H3,(H,24,28)(H,25,27)/t21-/m1/s1. The van der Waals surface area contributed by atoms with Crippen LogP contribution in [0.25, 0.3) is 0 Å². The van der Waals surface area contributed by atoms with E-state index in [0.717, 1.165) is 11.1 Å². The third kappa shape index (κ3) is 2.38. The zero-order chi connectivity index (χ0) is 19.5. The molecule has 0 saturated heterocycles. The van der Waals surface area contributed by atoms with Crippen LogP contribution in [0.4, 0.5) is 11.5 Å². The number of benzene rings is 2. The van der Waals surface area contributed by atoms with Crippen LogP contribution in [-0.2, 0) is 21.5 Å². The van der Waals surface area contributed by atoms with E-state index >= 15 is 0 Å². The minimum absolute atomic E-state index is 0.0232. The van der Waals surface area contributed by atoms with Crippen LogP contribution in [0.3, 0.4) is 0 Å². The lowest BCUT2D eigenvalue weighted by Crippen LogP contribution is -2.43. The molecule has 2 N–H and O–H groups in total. The zero-order valence-electron chi connectivity index (χ0n) is 15.1. The van der Waals surface area contributed by atoms with Crippen LogP contribution >= 0.6 is 11.6 Å². The maximum absolute atomic E-state index is 13.1. The van der Waals surface area contributed by atoms with Gasteiger partial charge in [0.05, 0.1) is 12.7 Å². The molecule has 0 saturated carbocycles. The number of amides is 2. The lowest BCUT2D eigenvalue weighted by atomic mass is 9.72. The Hall–Kier alpha value is -3.12. The van der Waals surface area contributed by atoms with Crippen molar-refractivity contribution < 1.29 is 9.59 Å². The second kappa shape index (κ2) is 5.94. The van der Waals surface area contributed by atoms with E-state index in [1.807, 2.05) is 31.2 Å². The van der Waals surface area contributed by atoms with Crippen molar-refractivity contribution in [2.45, 2.75) is 25.3 Å². The van der Waals surface area contributed by atoms with Gasteiger partial charge in [-0.1, -0.05) is 41.4 Å². The SMILES string of the molecule is Cc1ccc(Cn2ncc3c2NC(=O)C[C@]32C(=O)Nc3ccc(Cl)cc32)cc1. The molecule has 2 aliphatic rings. The average molecular weight is 393 g/mol. The van der Waals surface area contributed by atoms with Crippen molar-refractivity contribution in [2.75, 3.05) is 10.6 Å². The molecule has 0 radical (unpaired) electrons. The van der Waals surface area contributed by atoms with Gasteiger partial charge in [-0.2, -0.15) is 5.10 Å². The van der Waals surface area contributed by atoms with Gasteiger partial charge in [-0.3, -0.25) is 9.59 Å². The molecule has 0 fully saturated rings. The van der Waals surface area contributed by atoms with Crippen molar-refractivity contribution in [3.8, 4) is 0 Å². The minimum atomic E-state index is -1.11. The van der Waals surface area contributed by atoms with Gasteiger partial charge in [0, 0.05) is 22.7 Å². The van der Waals surface area contributed by atoms with Gasteiger partial charge in [-0.15, -0.1) is 0 Å². The smallest absolute Gasteiger partial charge is 0.240 e. The fourth-order valence-corrected chi connectivity index (χ4v) is 4.27. The summed E-state index contributed by atoms with van der Waals surface area (Å²) in [7, 11) is 0. The molecule has 1 atom stereocenters. The lowest BCUT2D eigenvalue weighted by Gasteiger charge is -2.31. The maximum atomic E-state index is 13.1. The fourth-order valence-electron chi connectivity index (χ4n) is 4.10. The Kier molecular flexibility index (Phi) is 3.61. The quantitative estimate of drug-likeness (QED) is 0.701. The van der Waals surface area contributed by atoms with Gasteiger partial charge in [-0.05, 0) is 36.2 Å². The Balaban J connectivity index is 1.65. The minimum Gasteiger partial charge on any atom is -0.325 e. The monoisotopic (exact) mass is 392 g/mol. The number of carbonyl (C=O) groups excluding carboxylic acids is 2. The molecule has 1 spiro atoms. The first-order chi connectivity index (χ1) is 13.5. The van der Waals surface area contributed by atoms with Crippen LogP contribution in [0.1, 0.15) is 28.7 Å². The Bertz CT molecular complexity index is 1140. The number of nitrogens with one attached hydrogen (secondary N) is 2. The highest BCUT2D eigenvalue weighted by atomic mass is 35.5. The van der Waals surface area contributed by atoms with Gasteiger partial charge in [-0.25, -0.2) is 4.68 Å². The third-order valence-electron chi connectivity index (χ3n) is 5.51. The van der Waals surface area contributed by atoms with E-state index in [2.05, 4.69) is 15.7 Å². The van der Waals surface area contributed by atoms with Crippen molar-refractivity contribution in [1.82, 2.24) is 9.78 Å². The summed E-state index contributed by atoms with van der Waals surface area (Å²) in [6.45, 7) is 2.53. The van der Waals surface area contributed by atoms with E-state index in [9.17, 15) is 9.59 Å². The highest BCUT2D eigenvalue weighted by Crippen LogP contribution is 2.50. The van der Waals surface area contributed by atoms with E-state index in [0.29, 0.717) is 28.6 Å². The number of hydrogen-bond acceptors (Lipinski definition) is 3. The Morgan fingerprint density at radius 1 is 1.11 bits per heavy atom. The number of nitrogens with zero attached hydrogens (tertiary/aromatic N) is 2. The topological polar surface area (TPSA) is 76.0 Å². The Morgan fingerprint density at radius 2 is 1.89 bits per heavy atom. The van der Waals surface area contributed by atoms with Gasteiger partial charge < -0.3 is 10.6 Å². The molecule has 28 heavy (non-hydrogen) atoms. The largest absolute Gasteiger partial charge is 0.325 e. The van der Waals surface area contributed by atoms with E-state index in [-0.39, 0.29) is 18.2 Å². The van der Waals surface area contributed by atoms with Crippen LogP contribution in [-0.4, -0.2) is 21.6 Å². The molecule has 2 aromatic carbocycles. The van der Waals surface area contributed by atoms with Crippen LogP contribution in [0, 0.1) is 6.92 Å². The second-order valence-electron chi connectivity index (χ2n) is 7.32. The predicted octanol–water partition coefficient (Wildman–Crippen LogP) is 3.47. The first kappa shape index (κ1) is 17.0. The number of carbonyl (C=O) groups is 2. The van der Waals surface area contributed by atoms with Gasteiger partial charge >= 0.3 is 0 Å². The molecular formula is C21H17ClN4O2. The molecule has 140 valence electrons. The normalized spacial score (nSPS) is 19.9. The summed E-state index contributed by atoms with van der Waals surface area (Å²) in [5.41, 5.74) is 3.22. The predicted molar refractivity (Wildman–Crippen MR) is 107 cm³/mol. The highest BCUT2D eigenvalue weighted by molar-refractivity contribution is 6.31. The first-order valence-corrected chi connectivity index (χ1v) is 9.38. The van der Waals surface area contributed by atoms with Crippen molar-refractivity contribution in [2.24, 2.45) is 0 Å². The zero-order valence-corrected chi connectivity index (χ0v) is 15.9. The molecule has 2 aliphatic heterocycles. The van der Waals surface area contributed by atoms with E-state index in [1.165, 1.54) is 5.56 Å². The molecule has 0 aliphatic carbocycles. The summed E-state index contributed by atoms with van der Waals surface area (Å²) >= 11 is 6.20. The summed E-state index contributed by atoms with van der Waals surface area (Å²) in [6.07, 6.45) is 1.70. The van der Waals surface area contributed by atoms with Crippen molar-refractivity contribution in [3.63, 3.8) is 0 Å². The summed E-state index contributed by atoms with van der Waals surface area (Å²) < 4.78 is 1.73. The van der Waals surface area contributed by atoms with Crippen LogP contribution in [0.15, 0.2) is 48.7 Å². The molecular weight excluding hydrogens is 376 g/mol. The average Bonchev–Trinajstić information content (AvgIpc) is 3.18. The molecule has 0 unspecified atom stereocenters. The maximum Gasteiger partial charge on any atom is 0.240 e. The summed E-state index contributed by atoms with van der Waals surface area (Å²) in [5, 5.41) is 10.8. The van der Waals surface area contributed by atoms with Gasteiger partial charge in [0.25, 0.3) is 0 Å². The van der Waals surface area contributed by atoms with Gasteiger partial charge in [0.15, 0.2) is 0 Å². The molecule has 3 heterocycles. The number of fused-ring (bicyclic) bond motifs is 4. The number of rotatable bonds is 2. The molecule has 2 amide bonds. The number of halogens is 1. The summed E-state index contributed by atoms with van der Waals surface area (Å²) in [6, 6.07) is 13.4. The van der Waals surface area contributed by atoms with E-state index < -0.39 is 5.41 Å². The highest BCUT2D eigenvalue weighted by Gasteiger charge is 2.54.